The third kappa shape index (κ3) is 1.48. The monoisotopic (exact) mass is 210 g/mol. The summed E-state index contributed by atoms with van der Waals surface area (Å²) in [7, 11) is 0. The lowest BCUT2D eigenvalue weighted by molar-refractivity contribution is 0.289. The molecule has 1 atom stereocenters. The molecule has 0 spiro atoms. The zero-order chi connectivity index (χ0) is 10.1. The van der Waals surface area contributed by atoms with Crippen LogP contribution in [0.15, 0.2) is 16.6 Å². The Morgan fingerprint density at radius 1 is 1.64 bits per heavy atom. The van der Waals surface area contributed by atoms with Gasteiger partial charge in [0.05, 0.1) is 6.54 Å². The van der Waals surface area contributed by atoms with Gasteiger partial charge in [0.1, 0.15) is 11.0 Å². The maximum absolute atomic E-state index is 5.83. The van der Waals surface area contributed by atoms with E-state index in [1.165, 1.54) is 0 Å². The first-order chi connectivity index (χ1) is 6.70. The van der Waals surface area contributed by atoms with Gasteiger partial charge < -0.3 is 10.6 Å². The number of nitrogens with two attached hydrogens (primary N) is 1. The van der Waals surface area contributed by atoms with Crippen LogP contribution < -0.4 is 5.73 Å². The highest BCUT2D eigenvalue weighted by Crippen LogP contribution is 2.28. The van der Waals surface area contributed by atoms with Crippen molar-refractivity contribution in [1.82, 2.24) is 9.88 Å². The molecule has 0 amide bonds. The van der Waals surface area contributed by atoms with E-state index >= 15 is 0 Å². The molecule has 0 saturated heterocycles. The van der Waals surface area contributed by atoms with E-state index in [1.807, 2.05) is 11.6 Å². The molecule has 1 aromatic heterocycles. The predicted molar refractivity (Wildman–Crippen MR) is 58.3 cm³/mol. The lowest BCUT2D eigenvalue weighted by Crippen LogP contribution is -2.40. The summed E-state index contributed by atoms with van der Waals surface area (Å²) in [6.07, 6.45) is 1.83. The van der Waals surface area contributed by atoms with Crippen LogP contribution in [0.25, 0.3) is 0 Å². The van der Waals surface area contributed by atoms with Crippen LogP contribution in [0.5, 0.6) is 0 Å². The smallest absolute Gasteiger partial charge is 0.192 e. The number of guanidine groups is 1. The Labute approximate surface area is 87.5 Å². The van der Waals surface area contributed by atoms with Crippen molar-refractivity contribution in [2.75, 3.05) is 6.54 Å². The molecule has 1 unspecified atom stereocenters. The van der Waals surface area contributed by atoms with E-state index in [0.717, 1.165) is 11.6 Å². The van der Waals surface area contributed by atoms with Crippen LogP contribution in [0, 0.1) is 0 Å². The molecular formula is C9H14N4S. The number of aromatic nitrogens is 1. The largest absolute Gasteiger partial charge is 0.370 e. The maximum atomic E-state index is 5.83. The second kappa shape index (κ2) is 3.57. The Kier molecular flexibility index (Phi) is 2.41. The van der Waals surface area contributed by atoms with Crippen molar-refractivity contribution in [3.8, 4) is 0 Å². The van der Waals surface area contributed by atoms with Gasteiger partial charge in [-0.1, -0.05) is 0 Å². The van der Waals surface area contributed by atoms with Crippen LogP contribution >= 0.6 is 11.3 Å². The molecule has 0 aliphatic carbocycles. The molecular weight excluding hydrogens is 196 g/mol. The van der Waals surface area contributed by atoms with E-state index in [9.17, 15) is 0 Å². The Morgan fingerprint density at radius 3 is 3.00 bits per heavy atom. The molecule has 1 aliphatic rings. The third-order valence-electron chi connectivity index (χ3n) is 2.32. The first kappa shape index (κ1) is 9.45. The zero-order valence-electron chi connectivity index (χ0n) is 8.34. The van der Waals surface area contributed by atoms with Gasteiger partial charge in [0.25, 0.3) is 0 Å². The van der Waals surface area contributed by atoms with Crippen molar-refractivity contribution in [3.63, 3.8) is 0 Å². The van der Waals surface area contributed by atoms with E-state index in [4.69, 9.17) is 5.73 Å². The second-order valence-electron chi connectivity index (χ2n) is 3.59. The van der Waals surface area contributed by atoms with Crippen LogP contribution in [0.1, 0.15) is 24.9 Å². The van der Waals surface area contributed by atoms with Gasteiger partial charge >= 0.3 is 0 Å². The predicted octanol–water partition coefficient (Wildman–Crippen LogP) is 1.22. The van der Waals surface area contributed by atoms with Crippen molar-refractivity contribution in [3.05, 3.63) is 16.6 Å². The van der Waals surface area contributed by atoms with E-state index in [-0.39, 0.29) is 6.04 Å². The van der Waals surface area contributed by atoms with E-state index in [1.54, 1.807) is 11.3 Å². The molecule has 2 rings (SSSR count). The van der Waals surface area contributed by atoms with E-state index in [0.29, 0.717) is 12.0 Å². The van der Waals surface area contributed by atoms with Crippen molar-refractivity contribution < 1.29 is 0 Å². The van der Waals surface area contributed by atoms with Gasteiger partial charge in [-0.3, -0.25) is 4.99 Å². The van der Waals surface area contributed by atoms with E-state index in [2.05, 4.69) is 28.7 Å². The van der Waals surface area contributed by atoms with Gasteiger partial charge in [-0.15, -0.1) is 11.3 Å². The normalized spacial score (nSPS) is 21.8. The summed E-state index contributed by atoms with van der Waals surface area (Å²) in [5.74, 6) is 0.639. The van der Waals surface area contributed by atoms with Gasteiger partial charge in [-0.2, -0.15) is 0 Å². The topological polar surface area (TPSA) is 54.5 Å². The highest BCUT2D eigenvalue weighted by Gasteiger charge is 2.30. The quantitative estimate of drug-likeness (QED) is 0.798. The number of aliphatic imine (C=N–C) groups is 1. The Bertz CT molecular complexity index is 331. The molecule has 4 nitrogen and oxygen atoms in total. The summed E-state index contributed by atoms with van der Waals surface area (Å²) in [6.45, 7) is 4.97. The van der Waals surface area contributed by atoms with Crippen LogP contribution in [-0.2, 0) is 0 Å². The van der Waals surface area contributed by atoms with Gasteiger partial charge in [0.2, 0.25) is 0 Å². The molecule has 0 aromatic carbocycles. The lowest BCUT2D eigenvalue weighted by atomic mass is 10.2. The molecule has 2 heterocycles. The molecule has 1 aliphatic heterocycles. The lowest BCUT2D eigenvalue weighted by Gasteiger charge is -2.28. The molecule has 2 N–H and O–H groups in total. The van der Waals surface area contributed by atoms with Gasteiger partial charge in [-0.25, -0.2) is 4.98 Å². The Hall–Kier alpha value is -1.10. The molecule has 0 bridgehead atoms. The molecule has 76 valence electrons. The molecule has 0 radical (unpaired) electrons. The van der Waals surface area contributed by atoms with Crippen molar-refractivity contribution in [2.24, 2.45) is 10.7 Å². The molecule has 0 saturated carbocycles. The summed E-state index contributed by atoms with van der Waals surface area (Å²) >= 11 is 1.66. The second-order valence-corrected chi connectivity index (χ2v) is 4.51. The summed E-state index contributed by atoms with van der Waals surface area (Å²) in [4.78, 5) is 10.7. The number of thiazole rings is 1. The minimum Gasteiger partial charge on any atom is -0.370 e. The molecule has 5 heteroatoms. The third-order valence-corrected chi connectivity index (χ3v) is 3.20. The number of nitrogens with zero attached hydrogens (tertiary/aromatic N) is 3. The molecule has 14 heavy (non-hydrogen) atoms. The fourth-order valence-electron chi connectivity index (χ4n) is 1.73. The highest BCUT2D eigenvalue weighted by molar-refractivity contribution is 7.09. The van der Waals surface area contributed by atoms with Gasteiger partial charge in [-0.05, 0) is 13.8 Å². The molecule has 1 aromatic rings. The summed E-state index contributed by atoms with van der Waals surface area (Å²) < 4.78 is 0. The average Bonchev–Trinajstić information content (AvgIpc) is 2.70. The minimum absolute atomic E-state index is 0.245. The Morgan fingerprint density at radius 2 is 2.43 bits per heavy atom. The maximum Gasteiger partial charge on any atom is 0.192 e. The molecule has 0 fully saturated rings. The zero-order valence-corrected chi connectivity index (χ0v) is 9.16. The number of rotatable bonds is 2. The number of hydrogen-bond donors (Lipinski definition) is 1. The van der Waals surface area contributed by atoms with E-state index < -0.39 is 0 Å². The fraction of sp³-hybridized carbons (Fsp3) is 0.556. The SMILES string of the molecule is CC(C)N1C(N)=NCC1c1nccs1. The summed E-state index contributed by atoms with van der Waals surface area (Å²) in [5.41, 5.74) is 5.83. The van der Waals surface area contributed by atoms with Crippen molar-refractivity contribution in [1.29, 1.82) is 0 Å². The summed E-state index contributed by atoms with van der Waals surface area (Å²) in [5, 5.41) is 3.09. The highest BCUT2D eigenvalue weighted by atomic mass is 32.1. The van der Waals surface area contributed by atoms with Crippen LogP contribution in [0.4, 0.5) is 0 Å². The van der Waals surface area contributed by atoms with Gasteiger partial charge in [0.15, 0.2) is 5.96 Å². The first-order valence-electron chi connectivity index (χ1n) is 4.68. The van der Waals surface area contributed by atoms with Crippen LogP contribution in [0.3, 0.4) is 0 Å². The summed E-state index contributed by atoms with van der Waals surface area (Å²) in [6, 6.07) is 0.616. The standard InChI is InChI=1S/C9H14N4S/c1-6(2)13-7(5-12-9(13)10)8-11-3-4-14-8/h3-4,6-7H,5H2,1-2H3,(H2,10,12). The first-order valence-corrected chi connectivity index (χ1v) is 5.55. The van der Waals surface area contributed by atoms with Crippen molar-refractivity contribution >= 4 is 17.3 Å². The van der Waals surface area contributed by atoms with Crippen LogP contribution in [0.2, 0.25) is 0 Å². The average molecular weight is 210 g/mol. The number of hydrogen-bond acceptors (Lipinski definition) is 5. The Balaban J connectivity index is 2.23. The van der Waals surface area contributed by atoms with Crippen molar-refractivity contribution in [2.45, 2.75) is 25.9 Å². The fourth-order valence-corrected chi connectivity index (χ4v) is 2.46. The van der Waals surface area contributed by atoms with Gasteiger partial charge in [0, 0.05) is 17.6 Å². The minimum atomic E-state index is 0.245. The van der Waals surface area contributed by atoms with Crippen LogP contribution in [-0.4, -0.2) is 28.4 Å².